The van der Waals surface area contributed by atoms with E-state index in [1.165, 1.54) is 0 Å². The smallest absolute Gasteiger partial charge is 0.145 e. The Morgan fingerprint density at radius 1 is 0.371 bits per heavy atom. The van der Waals surface area contributed by atoms with Gasteiger partial charge >= 0.3 is 0 Å². The Hall–Kier alpha value is -8.84. The first-order valence-corrected chi connectivity index (χ1v) is 20.5. The monoisotopic (exact) mass is 790 g/mol. The zero-order chi connectivity index (χ0) is 41.1. The summed E-state index contributed by atoms with van der Waals surface area (Å²) in [5, 5.41) is 29.0. The molecule has 13 rings (SSSR count). The highest BCUT2D eigenvalue weighted by Gasteiger charge is 2.23. The summed E-state index contributed by atoms with van der Waals surface area (Å²) in [4.78, 5) is 0. The Kier molecular flexibility index (Phi) is 7.05. The molecule has 13 aromatic rings. The van der Waals surface area contributed by atoms with Gasteiger partial charge in [0.15, 0.2) is 0 Å². The molecule has 4 heterocycles. The molecule has 0 aliphatic rings. The highest BCUT2D eigenvalue weighted by molar-refractivity contribution is 6.25. The number of fused-ring (bicyclic) bond motifs is 14. The van der Waals surface area contributed by atoms with Gasteiger partial charge in [0, 0.05) is 43.7 Å². The Balaban J connectivity index is 1.13. The molecule has 0 fully saturated rings. The van der Waals surface area contributed by atoms with Crippen LogP contribution >= 0.6 is 0 Å². The molecule has 62 heavy (non-hydrogen) atoms. The van der Waals surface area contributed by atoms with Crippen LogP contribution in [0.4, 0.5) is 0 Å². The van der Waals surface area contributed by atoms with Gasteiger partial charge in [0.25, 0.3) is 0 Å². The second-order valence-corrected chi connectivity index (χ2v) is 15.9. The van der Waals surface area contributed by atoms with Crippen molar-refractivity contribution in [1.82, 2.24) is 9.13 Å². The molecule has 0 spiro atoms. The summed E-state index contributed by atoms with van der Waals surface area (Å²) < 4.78 is 18.0. The van der Waals surface area contributed by atoms with E-state index in [9.17, 15) is 10.5 Å². The van der Waals surface area contributed by atoms with Crippen molar-refractivity contribution in [2.75, 3.05) is 0 Å². The number of furan rings is 2. The minimum atomic E-state index is 0.533. The number of nitrogens with zero attached hydrogens (tertiary/aromatic N) is 4. The molecule has 6 nitrogen and oxygen atoms in total. The van der Waals surface area contributed by atoms with Crippen LogP contribution in [0.1, 0.15) is 11.1 Å². The molecule has 0 atom stereocenters. The van der Waals surface area contributed by atoms with E-state index in [4.69, 9.17) is 8.83 Å². The second kappa shape index (κ2) is 12.8. The number of nitriles is 2. The third-order valence-electron chi connectivity index (χ3n) is 12.6. The highest BCUT2D eigenvalue weighted by Crippen LogP contribution is 2.44. The van der Waals surface area contributed by atoms with Crippen LogP contribution in [0.3, 0.4) is 0 Å². The predicted molar refractivity (Wildman–Crippen MR) is 250 cm³/mol. The molecule has 0 aliphatic carbocycles. The number of para-hydroxylation sites is 4. The first-order chi connectivity index (χ1) is 30.6. The summed E-state index contributed by atoms with van der Waals surface area (Å²) in [5.41, 5.74) is 13.9. The molecule has 0 amide bonds. The van der Waals surface area contributed by atoms with E-state index >= 15 is 0 Å². The summed E-state index contributed by atoms with van der Waals surface area (Å²) >= 11 is 0. The van der Waals surface area contributed by atoms with Gasteiger partial charge in [-0.25, -0.2) is 0 Å². The Bertz CT molecular complexity index is 3940. The molecule has 0 N–H and O–H groups in total. The van der Waals surface area contributed by atoms with E-state index in [1.807, 2.05) is 60.7 Å². The van der Waals surface area contributed by atoms with Crippen LogP contribution in [-0.4, -0.2) is 9.13 Å². The summed E-state index contributed by atoms with van der Waals surface area (Å²) in [7, 11) is 0. The van der Waals surface area contributed by atoms with Crippen molar-refractivity contribution < 1.29 is 8.83 Å². The largest absolute Gasteiger partial charge is 0.455 e. The van der Waals surface area contributed by atoms with Gasteiger partial charge in [-0.1, -0.05) is 97.1 Å². The van der Waals surface area contributed by atoms with E-state index < -0.39 is 0 Å². The number of rotatable bonds is 4. The lowest BCUT2D eigenvalue weighted by Gasteiger charge is -2.17. The fourth-order valence-electron chi connectivity index (χ4n) is 9.87. The lowest BCUT2D eigenvalue weighted by Crippen LogP contribution is -2.00. The van der Waals surface area contributed by atoms with E-state index in [2.05, 4.69) is 137 Å². The van der Waals surface area contributed by atoms with Crippen molar-refractivity contribution in [2.24, 2.45) is 0 Å². The van der Waals surface area contributed by atoms with E-state index in [-0.39, 0.29) is 0 Å². The average molecular weight is 791 g/mol. The number of benzene rings is 9. The first-order valence-electron chi connectivity index (χ1n) is 20.5. The molecular weight excluding hydrogens is 761 g/mol. The zero-order valence-corrected chi connectivity index (χ0v) is 32.9. The second-order valence-electron chi connectivity index (χ2n) is 15.9. The van der Waals surface area contributed by atoms with Crippen molar-refractivity contribution in [3.63, 3.8) is 0 Å². The minimum Gasteiger partial charge on any atom is -0.455 e. The third kappa shape index (κ3) is 4.78. The van der Waals surface area contributed by atoms with Crippen LogP contribution in [0, 0.1) is 22.7 Å². The standard InChI is InChI=1S/C56H30N4O2/c57-31-33-10-9-11-34(26-33)35-20-21-40(37(27-35)32-58)36-28-38(59-47-16-5-1-14-45(47)53-49(59)24-22-43-41-12-3-7-18-51(41)61-55(43)53)30-39(29-36)60-48-17-6-2-15-46(48)54-50(60)25-23-44-42-13-4-8-19-52(42)62-56(44)54/h1-30H. The Morgan fingerprint density at radius 2 is 0.903 bits per heavy atom. The molecule has 0 saturated heterocycles. The fourth-order valence-corrected chi connectivity index (χ4v) is 9.87. The maximum Gasteiger partial charge on any atom is 0.145 e. The molecule has 0 aliphatic heterocycles. The van der Waals surface area contributed by atoms with Crippen LogP contribution in [0.5, 0.6) is 0 Å². The van der Waals surface area contributed by atoms with Gasteiger partial charge in [-0.2, -0.15) is 10.5 Å². The van der Waals surface area contributed by atoms with Crippen LogP contribution in [0.2, 0.25) is 0 Å². The van der Waals surface area contributed by atoms with Crippen LogP contribution in [0.15, 0.2) is 191 Å². The van der Waals surface area contributed by atoms with Crippen molar-refractivity contribution in [3.05, 3.63) is 193 Å². The van der Waals surface area contributed by atoms with Gasteiger partial charge in [-0.3, -0.25) is 0 Å². The van der Waals surface area contributed by atoms with Crippen LogP contribution in [-0.2, 0) is 0 Å². The van der Waals surface area contributed by atoms with Gasteiger partial charge < -0.3 is 18.0 Å². The van der Waals surface area contributed by atoms with E-state index in [0.29, 0.717) is 11.1 Å². The average Bonchev–Trinajstić information content (AvgIpc) is 4.08. The number of hydrogen-bond acceptors (Lipinski definition) is 4. The van der Waals surface area contributed by atoms with Gasteiger partial charge in [-0.15, -0.1) is 0 Å². The molecule has 0 unspecified atom stereocenters. The molecule has 4 aromatic heterocycles. The molecular formula is C56H30N4O2. The Labute approximate surface area is 353 Å². The first kappa shape index (κ1) is 34.1. The molecule has 9 aromatic carbocycles. The van der Waals surface area contributed by atoms with E-state index in [1.54, 1.807) is 6.07 Å². The van der Waals surface area contributed by atoms with E-state index in [0.717, 1.165) is 121 Å². The normalized spacial score (nSPS) is 11.8. The topological polar surface area (TPSA) is 83.7 Å². The zero-order valence-electron chi connectivity index (χ0n) is 32.9. The predicted octanol–water partition coefficient (Wildman–Crippen LogP) is 14.8. The van der Waals surface area contributed by atoms with Gasteiger partial charge in [0.05, 0.1) is 56.1 Å². The van der Waals surface area contributed by atoms with Crippen molar-refractivity contribution in [2.45, 2.75) is 0 Å². The van der Waals surface area contributed by atoms with Crippen LogP contribution < -0.4 is 0 Å². The quantitative estimate of drug-likeness (QED) is 0.178. The third-order valence-corrected chi connectivity index (χ3v) is 12.6. The summed E-state index contributed by atoms with van der Waals surface area (Å²) in [6, 6.07) is 67.1. The maximum absolute atomic E-state index is 10.8. The highest BCUT2D eigenvalue weighted by atomic mass is 16.3. The minimum absolute atomic E-state index is 0.533. The summed E-state index contributed by atoms with van der Waals surface area (Å²) in [6.45, 7) is 0. The molecule has 0 radical (unpaired) electrons. The van der Waals surface area contributed by atoms with Crippen LogP contribution in [0.25, 0.3) is 121 Å². The number of hydrogen-bond donors (Lipinski definition) is 0. The molecule has 0 saturated carbocycles. The van der Waals surface area contributed by atoms with Gasteiger partial charge in [0.1, 0.15) is 22.3 Å². The Morgan fingerprint density at radius 3 is 1.47 bits per heavy atom. The summed E-state index contributed by atoms with van der Waals surface area (Å²) in [6.07, 6.45) is 0. The van der Waals surface area contributed by atoms with Crippen molar-refractivity contribution >= 4 is 87.5 Å². The SMILES string of the molecule is N#Cc1cccc(-c2ccc(-c3cc(-n4c5ccccc5c5c6oc7ccccc7c6ccc54)cc(-n4c5ccccc5c5c6oc7ccccc7c6ccc54)c3)c(C#N)c2)c1. The lowest BCUT2D eigenvalue weighted by molar-refractivity contribution is 0.672. The molecule has 286 valence electrons. The van der Waals surface area contributed by atoms with Crippen molar-refractivity contribution in [1.29, 1.82) is 10.5 Å². The molecule has 0 bridgehead atoms. The maximum atomic E-state index is 10.8. The summed E-state index contributed by atoms with van der Waals surface area (Å²) in [5.74, 6) is 0. The van der Waals surface area contributed by atoms with Gasteiger partial charge in [-0.05, 0) is 107 Å². The lowest BCUT2D eigenvalue weighted by atomic mass is 9.94. The molecule has 6 heteroatoms. The van der Waals surface area contributed by atoms with Crippen molar-refractivity contribution in [3.8, 4) is 45.8 Å². The number of aromatic nitrogens is 2. The fraction of sp³-hybridized carbons (Fsp3) is 0. The van der Waals surface area contributed by atoms with Gasteiger partial charge in [0.2, 0.25) is 0 Å².